The summed E-state index contributed by atoms with van der Waals surface area (Å²) in [6.45, 7) is 8.23. The van der Waals surface area contributed by atoms with Crippen LogP contribution in [0.2, 0.25) is 0 Å². The highest BCUT2D eigenvalue weighted by Crippen LogP contribution is 2.35. The molecule has 5 heteroatoms. The van der Waals surface area contributed by atoms with Gasteiger partial charge in [0.25, 0.3) is 0 Å². The van der Waals surface area contributed by atoms with E-state index in [-0.39, 0.29) is 6.09 Å². The first-order valence-corrected chi connectivity index (χ1v) is 6.89. The van der Waals surface area contributed by atoms with Gasteiger partial charge in [0, 0.05) is 18.8 Å². The number of hydrogen-bond acceptors (Lipinski definition) is 4. The van der Waals surface area contributed by atoms with Gasteiger partial charge in [0.2, 0.25) is 0 Å². The van der Waals surface area contributed by atoms with Crippen LogP contribution in [0.15, 0.2) is 23.2 Å². The molecule has 0 aromatic heterocycles. The molecular formula is C14H21N3O2. The van der Waals surface area contributed by atoms with Crippen LogP contribution < -0.4 is 5.32 Å². The number of ether oxygens (including phenoxy) is 1. The molecule has 0 aromatic rings. The molecule has 104 valence electrons. The summed E-state index contributed by atoms with van der Waals surface area (Å²) >= 11 is 0. The fourth-order valence-electron chi connectivity index (χ4n) is 2.83. The number of fused-ring (bicyclic) bond motifs is 2. The van der Waals surface area contributed by atoms with E-state index in [0.717, 1.165) is 30.9 Å². The molecule has 1 N–H and O–H groups in total. The molecule has 1 amide bonds. The molecule has 0 unspecified atom stereocenters. The number of carbonyl (C=O) groups excluding carboxylic acids is 1. The number of nitrogens with zero attached hydrogens (tertiary/aromatic N) is 2. The minimum atomic E-state index is -0.460. The highest BCUT2D eigenvalue weighted by molar-refractivity contribution is 5.73. The third-order valence-corrected chi connectivity index (χ3v) is 3.58. The normalized spacial score (nSPS) is 21.9. The van der Waals surface area contributed by atoms with E-state index in [1.54, 1.807) is 4.90 Å². The molecule has 3 aliphatic heterocycles. The van der Waals surface area contributed by atoms with Gasteiger partial charge in [-0.05, 0) is 39.7 Å². The van der Waals surface area contributed by atoms with Gasteiger partial charge in [-0.1, -0.05) is 0 Å². The Morgan fingerprint density at radius 2 is 2.21 bits per heavy atom. The first-order chi connectivity index (χ1) is 8.96. The van der Waals surface area contributed by atoms with Gasteiger partial charge in [0.05, 0.1) is 18.1 Å². The maximum Gasteiger partial charge on any atom is 0.416 e. The quantitative estimate of drug-likeness (QED) is 0.726. The third-order valence-electron chi connectivity index (χ3n) is 3.58. The van der Waals surface area contributed by atoms with Crippen LogP contribution in [0.4, 0.5) is 4.79 Å². The standard InChI is InChI=1S/C14H21N3O2/c1-14(2,3)19-13(18)17-9-15-10-6-8-16-7-4-5-11(16)12(10)17/h6,15H,4-5,7-9H2,1-3H3. The van der Waals surface area contributed by atoms with Gasteiger partial charge >= 0.3 is 6.09 Å². The second kappa shape index (κ2) is 4.18. The summed E-state index contributed by atoms with van der Waals surface area (Å²) in [5.41, 5.74) is 2.93. The molecule has 19 heavy (non-hydrogen) atoms. The van der Waals surface area contributed by atoms with Crippen molar-refractivity contribution in [3.05, 3.63) is 23.2 Å². The van der Waals surface area contributed by atoms with Gasteiger partial charge in [-0.2, -0.15) is 0 Å². The van der Waals surface area contributed by atoms with Crippen molar-refractivity contribution >= 4 is 6.09 Å². The summed E-state index contributed by atoms with van der Waals surface area (Å²) < 4.78 is 5.49. The Morgan fingerprint density at radius 1 is 1.42 bits per heavy atom. The first-order valence-electron chi connectivity index (χ1n) is 6.89. The van der Waals surface area contributed by atoms with E-state index < -0.39 is 5.60 Å². The lowest BCUT2D eigenvalue weighted by Crippen LogP contribution is -2.36. The van der Waals surface area contributed by atoms with E-state index in [0.29, 0.717) is 6.67 Å². The van der Waals surface area contributed by atoms with Crippen LogP contribution in [0.3, 0.4) is 0 Å². The molecule has 0 atom stereocenters. The SMILES string of the molecule is CC(C)(C)OC(=O)N1CNC2=CCN3CCCC3=C21. The summed E-state index contributed by atoms with van der Waals surface area (Å²) in [4.78, 5) is 16.4. The molecule has 0 aliphatic carbocycles. The average molecular weight is 263 g/mol. The molecule has 0 aromatic carbocycles. The number of carbonyl (C=O) groups is 1. The molecule has 0 bridgehead atoms. The van der Waals surface area contributed by atoms with E-state index in [1.165, 1.54) is 12.1 Å². The highest BCUT2D eigenvalue weighted by atomic mass is 16.6. The Bertz CT molecular complexity index is 474. The largest absolute Gasteiger partial charge is 0.443 e. The Balaban J connectivity index is 1.88. The van der Waals surface area contributed by atoms with Crippen LogP contribution in [0, 0.1) is 0 Å². The van der Waals surface area contributed by atoms with E-state index >= 15 is 0 Å². The fourth-order valence-corrected chi connectivity index (χ4v) is 2.83. The van der Waals surface area contributed by atoms with Gasteiger partial charge in [0.15, 0.2) is 0 Å². The summed E-state index contributed by atoms with van der Waals surface area (Å²) in [5, 5.41) is 3.29. The minimum Gasteiger partial charge on any atom is -0.443 e. The van der Waals surface area contributed by atoms with E-state index in [9.17, 15) is 4.79 Å². The van der Waals surface area contributed by atoms with E-state index in [1.807, 2.05) is 20.8 Å². The smallest absolute Gasteiger partial charge is 0.416 e. The summed E-state index contributed by atoms with van der Waals surface area (Å²) in [6, 6.07) is 0. The van der Waals surface area contributed by atoms with Crippen molar-refractivity contribution in [3.63, 3.8) is 0 Å². The van der Waals surface area contributed by atoms with Crippen molar-refractivity contribution in [1.29, 1.82) is 0 Å². The number of nitrogens with one attached hydrogen (secondary N) is 1. The van der Waals surface area contributed by atoms with Crippen LogP contribution in [-0.4, -0.2) is 41.3 Å². The van der Waals surface area contributed by atoms with Crippen LogP contribution in [0.5, 0.6) is 0 Å². The summed E-state index contributed by atoms with van der Waals surface area (Å²) in [6.07, 6.45) is 4.12. The third kappa shape index (κ3) is 2.17. The Labute approximate surface area is 113 Å². The Hall–Kier alpha value is -1.65. The molecule has 5 nitrogen and oxygen atoms in total. The molecule has 2 fully saturated rings. The van der Waals surface area contributed by atoms with Crippen molar-refractivity contribution in [2.75, 3.05) is 19.8 Å². The topological polar surface area (TPSA) is 44.8 Å². The van der Waals surface area contributed by atoms with Crippen LogP contribution in [-0.2, 0) is 4.74 Å². The second-order valence-corrected chi connectivity index (χ2v) is 6.21. The van der Waals surface area contributed by atoms with Crippen molar-refractivity contribution in [1.82, 2.24) is 15.1 Å². The van der Waals surface area contributed by atoms with Crippen LogP contribution in [0.25, 0.3) is 0 Å². The predicted molar refractivity (Wildman–Crippen MR) is 72.0 cm³/mol. The predicted octanol–water partition coefficient (Wildman–Crippen LogP) is 1.99. The van der Waals surface area contributed by atoms with Crippen molar-refractivity contribution < 1.29 is 9.53 Å². The molecule has 0 saturated carbocycles. The summed E-state index contributed by atoms with van der Waals surface area (Å²) in [7, 11) is 0. The van der Waals surface area contributed by atoms with E-state index in [4.69, 9.17) is 4.74 Å². The van der Waals surface area contributed by atoms with Crippen molar-refractivity contribution in [2.24, 2.45) is 0 Å². The number of allylic oxidation sites excluding steroid dienone is 1. The molecule has 3 rings (SSSR count). The maximum absolute atomic E-state index is 12.3. The Morgan fingerprint density at radius 3 is 2.95 bits per heavy atom. The van der Waals surface area contributed by atoms with Crippen LogP contribution >= 0.6 is 0 Å². The highest BCUT2D eigenvalue weighted by Gasteiger charge is 2.37. The molecule has 0 radical (unpaired) electrons. The van der Waals surface area contributed by atoms with Crippen molar-refractivity contribution in [3.8, 4) is 0 Å². The van der Waals surface area contributed by atoms with Gasteiger partial charge in [-0.3, -0.25) is 4.90 Å². The van der Waals surface area contributed by atoms with Crippen molar-refractivity contribution in [2.45, 2.75) is 39.2 Å². The number of rotatable bonds is 0. The average Bonchev–Trinajstić information content (AvgIpc) is 2.92. The number of hydrogen-bond donors (Lipinski definition) is 1. The lowest BCUT2D eigenvalue weighted by Gasteiger charge is -2.29. The first kappa shape index (κ1) is 12.4. The monoisotopic (exact) mass is 263 g/mol. The summed E-state index contributed by atoms with van der Waals surface area (Å²) in [5.74, 6) is 0. The van der Waals surface area contributed by atoms with Gasteiger partial charge < -0.3 is 15.0 Å². The van der Waals surface area contributed by atoms with Crippen LogP contribution in [0.1, 0.15) is 33.6 Å². The van der Waals surface area contributed by atoms with Gasteiger partial charge in [0.1, 0.15) is 5.60 Å². The molecule has 2 saturated heterocycles. The zero-order valence-electron chi connectivity index (χ0n) is 11.8. The minimum absolute atomic E-state index is 0.264. The second-order valence-electron chi connectivity index (χ2n) is 6.21. The zero-order valence-corrected chi connectivity index (χ0v) is 11.8. The molecule has 0 spiro atoms. The van der Waals surface area contributed by atoms with Gasteiger partial charge in [-0.25, -0.2) is 4.79 Å². The Kier molecular flexibility index (Phi) is 2.73. The number of amides is 1. The zero-order chi connectivity index (χ0) is 13.6. The molecule has 3 aliphatic rings. The molecule has 3 heterocycles. The van der Waals surface area contributed by atoms with E-state index in [2.05, 4.69) is 16.3 Å². The lowest BCUT2D eigenvalue weighted by atomic mass is 10.1. The molecular weight excluding hydrogens is 242 g/mol. The van der Waals surface area contributed by atoms with Gasteiger partial charge in [-0.15, -0.1) is 0 Å². The maximum atomic E-state index is 12.3. The fraction of sp³-hybridized carbons (Fsp3) is 0.643. The lowest BCUT2D eigenvalue weighted by molar-refractivity contribution is 0.0331.